The minimum atomic E-state index is -4.12. The Kier molecular flexibility index (Phi) is 2.25. The number of hydrogen-bond acceptors (Lipinski definition) is 3. The molecule has 66 valence electrons. The summed E-state index contributed by atoms with van der Waals surface area (Å²) < 4.78 is 33.9. The minimum Gasteiger partial charge on any atom is -0.508 e. The normalized spacial score (nSPS) is 11.5. The van der Waals surface area contributed by atoms with Gasteiger partial charge >= 0.3 is 0 Å². The fraction of sp³-hybridized carbons (Fsp3) is 0. The van der Waals surface area contributed by atoms with Crippen molar-refractivity contribution in [1.29, 1.82) is 0 Å². The third-order valence-corrected chi connectivity index (χ3v) is 2.51. The topological polar surface area (TPSA) is 54.4 Å². The van der Waals surface area contributed by atoms with Crippen LogP contribution in [0.25, 0.3) is 0 Å². The van der Waals surface area contributed by atoms with Crippen LogP contribution in [-0.2, 0) is 9.05 Å². The fourth-order valence-electron chi connectivity index (χ4n) is 0.679. The maximum atomic E-state index is 12.7. The van der Waals surface area contributed by atoms with Gasteiger partial charge in [-0.1, -0.05) is 0 Å². The van der Waals surface area contributed by atoms with E-state index in [2.05, 4.69) is 0 Å². The first-order valence-corrected chi connectivity index (χ1v) is 5.15. The highest BCUT2D eigenvalue weighted by Gasteiger charge is 2.16. The van der Waals surface area contributed by atoms with E-state index in [1.807, 2.05) is 0 Å². The zero-order valence-electron chi connectivity index (χ0n) is 5.66. The molecule has 12 heavy (non-hydrogen) atoms. The van der Waals surface area contributed by atoms with Crippen LogP contribution in [0.3, 0.4) is 0 Å². The second-order valence-electron chi connectivity index (χ2n) is 2.05. The molecule has 0 heterocycles. The molecule has 0 aliphatic rings. The highest BCUT2D eigenvalue weighted by Crippen LogP contribution is 2.22. The zero-order chi connectivity index (χ0) is 9.35. The van der Waals surface area contributed by atoms with Gasteiger partial charge in [0, 0.05) is 16.7 Å². The summed E-state index contributed by atoms with van der Waals surface area (Å²) in [6.07, 6.45) is 0. The number of halogens is 2. The predicted molar refractivity (Wildman–Crippen MR) is 41.1 cm³/mol. The van der Waals surface area contributed by atoms with Gasteiger partial charge in [-0.3, -0.25) is 0 Å². The summed E-state index contributed by atoms with van der Waals surface area (Å²) in [5.74, 6) is -1.33. The van der Waals surface area contributed by atoms with E-state index in [0.717, 1.165) is 18.2 Å². The number of hydrogen-bond donors (Lipinski definition) is 1. The fourth-order valence-corrected chi connectivity index (χ4v) is 1.60. The van der Waals surface area contributed by atoms with Gasteiger partial charge in [-0.2, -0.15) is 0 Å². The van der Waals surface area contributed by atoms with Crippen molar-refractivity contribution >= 4 is 19.7 Å². The molecule has 0 saturated heterocycles. The molecule has 0 atom stereocenters. The van der Waals surface area contributed by atoms with Gasteiger partial charge in [0.1, 0.15) is 16.5 Å². The Balaban J connectivity index is 3.43. The number of benzene rings is 1. The quantitative estimate of drug-likeness (QED) is 0.714. The van der Waals surface area contributed by atoms with Crippen LogP contribution in [0.15, 0.2) is 23.1 Å². The average Bonchev–Trinajstić information content (AvgIpc) is 1.92. The van der Waals surface area contributed by atoms with E-state index >= 15 is 0 Å². The van der Waals surface area contributed by atoms with Crippen molar-refractivity contribution in [3.8, 4) is 5.75 Å². The lowest BCUT2D eigenvalue weighted by atomic mass is 10.3. The van der Waals surface area contributed by atoms with Crippen molar-refractivity contribution in [2.45, 2.75) is 4.90 Å². The van der Waals surface area contributed by atoms with Gasteiger partial charge in [0.25, 0.3) is 9.05 Å². The number of aromatic hydroxyl groups is 1. The molecule has 1 N–H and O–H groups in total. The maximum absolute atomic E-state index is 12.7. The van der Waals surface area contributed by atoms with Gasteiger partial charge in [-0.25, -0.2) is 12.8 Å². The monoisotopic (exact) mass is 210 g/mol. The van der Waals surface area contributed by atoms with Gasteiger partial charge in [0.15, 0.2) is 0 Å². The third kappa shape index (κ3) is 1.86. The van der Waals surface area contributed by atoms with E-state index in [-0.39, 0.29) is 5.75 Å². The summed E-state index contributed by atoms with van der Waals surface area (Å²) in [4.78, 5) is -0.718. The lowest BCUT2D eigenvalue weighted by Gasteiger charge is -1.98. The van der Waals surface area contributed by atoms with E-state index in [4.69, 9.17) is 15.8 Å². The first kappa shape index (κ1) is 9.28. The van der Waals surface area contributed by atoms with E-state index in [0.29, 0.717) is 0 Å². The van der Waals surface area contributed by atoms with Crippen LogP contribution >= 0.6 is 10.7 Å². The summed E-state index contributed by atoms with van der Waals surface area (Å²) in [5, 5.41) is 8.81. The van der Waals surface area contributed by atoms with Gasteiger partial charge in [-0.15, -0.1) is 0 Å². The average molecular weight is 211 g/mol. The van der Waals surface area contributed by atoms with Crippen LogP contribution in [0.1, 0.15) is 0 Å². The molecule has 0 aromatic heterocycles. The molecule has 0 radical (unpaired) electrons. The summed E-state index contributed by atoms with van der Waals surface area (Å²) in [7, 11) is 0.738. The van der Waals surface area contributed by atoms with Crippen LogP contribution in [0.2, 0.25) is 0 Å². The van der Waals surface area contributed by atoms with Crippen LogP contribution in [0.5, 0.6) is 5.75 Å². The maximum Gasteiger partial charge on any atom is 0.264 e. The van der Waals surface area contributed by atoms with Crippen molar-refractivity contribution in [2.75, 3.05) is 0 Å². The first-order valence-electron chi connectivity index (χ1n) is 2.84. The second kappa shape index (κ2) is 2.91. The molecular formula is C6H4ClFO3S. The highest BCUT2D eigenvalue weighted by molar-refractivity contribution is 8.13. The first-order chi connectivity index (χ1) is 5.41. The molecular weight excluding hydrogens is 207 g/mol. The summed E-state index contributed by atoms with van der Waals surface area (Å²) in [6.45, 7) is 0. The van der Waals surface area contributed by atoms with E-state index in [1.54, 1.807) is 0 Å². The molecule has 1 aromatic carbocycles. The van der Waals surface area contributed by atoms with Gasteiger partial charge < -0.3 is 5.11 Å². The molecule has 1 aromatic rings. The molecule has 0 fully saturated rings. The van der Waals surface area contributed by atoms with E-state index in [9.17, 15) is 12.8 Å². The Bertz CT molecular complexity index is 401. The number of phenolic OH excluding ortho intramolecular Hbond substituents is 1. The predicted octanol–water partition coefficient (Wildman–Crippen LogP) is 1.46. The Morgan fingerprint density at radius 3 is 2.42 bits per heavy atom. The largest absolute Gasteiger partial charge is 0.508 e. The number of phenols is 1. The Morgan fingerprint density at radius 2 is 2.00 bits per heavy atom. The highest BCUT2D eigenvalue weighted by atomic mass is 35.7. The molecule has 0 amide bonds. The molecule has 0 spiro atoms. The Labute approximate surface area is 72.8 Å². The molecule has 3 nitrogen and oxygen atoms in total. The SMILES string of the molecule is O=S(=O)(Cl)c1cc(O)ccc1F. The summed E-state index contributed by atoms with van der Waals surface area (Å²) >= 11 is 0. The molecule has 0 saturated carbocycles. The molecule has 0 aliphatic carbocycles. The van der Waals surface area contributed by atoms with Gasteiger partial charge in [0.05, 0.1) is 0 Å². The molecule has 0 unspecified atom stereocenters. The number of rotatable bonds is 1. The van der Waals surface area contributed by atoms with Gasteiger partial charge in [-0.05, 0) is 12.1 Å². The standard InChI is InChI=1S/C6H4ClFO3S/c7-12(10,11)6-3-4(9)1-2-5(6)8/h1-3,9H. The second-order valence-corrected chi connectivity index (χ2v) is 4.59. The van der Waals surface area contributed by atoms with Crippen LogP contribution in [0, 0.1) is 5.82 Å². The Morgan fingerprint density at radius 1 is 1.42 bits per heavy atom. The molecule has 1 rings (SSSR count). The van der Waals surface area contributed by atoms with Crippen molar-refractivity contribution < 1.29 is 17.9 Å². The van der Waals surface area contributed by atoms with Crippen molar-refractivity contribution in [1.82, 2.24) is 0 Å². The minimum absolute atomic E-state index is 0.351. The smallest absolute Gasteiger partial charge is 0.264 e. The third-order valence-electron chi connectivity index (χ3n) is 1.18. The van der Waals surface area contributed by atoms with E-state index in [1.165, 1.54) is 0 Å². The Hall–Kier alpha value is -0.810. The molecule has 0 aliphatic heterocycles. The van der Waals surface area contributed by atoms with Crippen LogP contribution < -0.4 is 0 Å². The van der Waals surface area contributed by atoms with Crippen molar-refractivity contribution in [2.24, 2.45) is 0 Å². The van der Waals surface area contributed by atoms with Gasteiger partial charge in [0.2, 0.25) is 0 Å². The van der Waals surface area contributed by atoms with E-state index < -0.39 is 19.8 Å². The zero-order valence-corrected chi connectivity index (χ0v) is 7.23. The van der Waals surface area contributed by atoms with Crippen LogP contribution in [-0.4, -0.2) is 13.5 Å². The van der Waals surface area contributed by atoms with Crippen LogP contribution in [0.4, 0.5) is 4.39 Å². The molecule has 0 bridgehead atoms. The summed E-state index contributed by atoms with van der Waals surface area (Å²) in [6, 6.07) is 2.60. The van der Waals surface area contributed by atoms with Crippen molar-refractivity contribution in [3.05, 3.63) is 24.0 Å². The lowest BCUT2D eigenvalue weighted by molar-refractivity contribution is 0.468. The van der Waals surface area contributed by atoms with Crippen molar-refractivity contribution in [3.63, 3.8) is 0 Å². The molecule has 6 heteroatoms. The lowest BCUT2D eigenvalue weighted by Crippen LogP contribution is -1.94. The summed E-state index contributed by atoms with van der Waals surface area (Å²) in [5.41, 5.74) is 0.